The van der Waals surface area contributed by atoms with E-state index in [1.807, 2.05) is 11.5 Å². The van der Waals surface area contributed by atoms with Gasteiger partial charge in [0.1, 0.15) is 0 Å². The normalized spacial score (nSPS) is 14.6. The Labute approximate surface area is 155 Å². The van der Waals surface area contributed by atoms with Crippen molar-refractivity contribution in [3.8, 4) is 0 Å². The molecule has 0 aliphatic carbocycles. The van der Waals surface area contributed by atoms with Crippen LogP contribution in [-0.2, 0) is 16.1 Å². The van der Waals surface area contributed by atoms with Crippen molar-refractivity contribution >= 4 is 40.9 Å². The van der Waals surface area contributed by atoms with Gasteiger partial charge in [0.15, 0.2) is 5.16 Å². The van der Waals surface area contributed by atoms with Crippen LogP contribution in [0.4, 0.5) is 11.6 Å². The highest BCUT2D eigenvalue weighted by atomic mass is 35.5. The number of morpholine rings is 1. The lowest BCUT2D eigenvalue weighted by Gasteiger charge is -2.27. The molecule has 1 N–H and O–H groups in total. The van der Waals surface area contributed by atoms with E-state index in [0.29, 0.717) is 23.9 Å². The molecular weight excluding hydrogens is 362 g/mol. The first-order chi connectivity index (χ1) is 12.2. The van der Waals surface area contributed by atoms with E-state index >= 15 is 0 Å². The van der Waals surface area contributed by atoms with Gasteiger partial charge < -0.3 is 15.0 Å². The number of halogens is 1. The van der Waals surface area contributed by atoms with Crippen LogP contribution >= 0.6 is 23.4 Å². The van der Waals surface area contributed by atoms with E-state index in [4.69, 9.17) is 16.3 Å². The van der Waals surface area contributed by atoms with Gasteiger partial charge in [-0.05, 0) is 25.1 Å². The first-order valence-electron chi connectivity index (χ1n) is 8.11. The van der Waals surface area contributed by atoms with Gasteiger partial charge in [-0.3, -0.25) is 9.36 Å². The largest absolute Gasteiger partial charge is 0.378 e. The highest BCUT2D eigenvalue weighted by Crippen LogP contribution is 2.23. The lowest BCUT2D eigenvalue weighted by molar-refractivity contribution is -0.113. The van der Waals surface area contributed by atoms with Crippen molar-refractivity contribution in [2.75, 3.05) is 42.3 Å². The van der Waals surface area contributed by atoms with E-state index in [-0.39, 0.29) is 11.7 Å². The standard InChI is InChI=1S/C16H20ClN5O2S/c1-2-22-15(21-6-8-24-9-7-21)19-20-16(22)25-11-14(23)18-13-5-3-4-12(17)10-13/h3-5,10H,2,6-9,11H2,1H3,(H,18,23). The topological polar surface area (TPSA) is 72.3 Å². The van der Waals surface area contributed by atoms with Crippen LogP contribution in [0.25, 0.3) is 0 Å². The van der Waals surface area contributed by atoms with E-state index in [2.05, 4.69) is 20.4 Å². The summed E-state index contributed by atoms with van der Waals surface area (Å²) in [4.78, 5) is 14.3. The zero-order valence-corrected chi connectivity index (χ0v) is 15.5. The summed E-state index contributed by atoms with van der Waals surface area (Å²) in [6, 6.07) is 7.09. The molecule has 2 heterocycles. The van der Waals surface area contributed by atoms with Gasteiger partial charge in [-0.2, -0.15) is 0 Å². The van der Waals surface area contributed by atoms with E-state index in [9.17, 15) is 4.79 Å². The summed E-state index contributed by atoms with van der Waals surface area (Å²) in [5, 5.41) is 12.7. The molecule has 0 unspecified atom stereocenters. The summed E-state index contributed by atoms with van der Waals surface area (Å²) in [6.07, 6.45) is 0. The predicted octanol–water partition coefficient (Wildman–Crippen LogP) is 2.52. The maximum absolute atomic E-state index is 12.1. The van der Waals surface area contributed by atoms with Crippen LogP contribution in [0.2, 0.25) is 5.02 Å². The molecule has 1 amide bonds. The Bertz CT molecular complexity index is 733. The third kappa shape index (κ3) is 4.65. The lowest BCUT2D eigenvalue weighted by atomic mass is 10.3. The van der Waals surface area contributed by atoms with Gasteiger partial charge in [-0.1, -0.05) is 29.4 Å². The molecule has 0 radical (unpaired) electrons. The van der Waals surface area contributed by atoms with E-state index in [1.54, 1.807) is 24.3 Å². The number of hydrogen-bond donors (Lipinski definition) is 1. The van der Waals surface area contributed by atoms with Crippen molar-refractivity contribution in [1.82, 2.24) is 14.8 Å². The molecule has 7 nitrogen and oxygen atoms in total. The minimum Gasteiger partial charge on any atom is -0.378 e. The van der Waals surface area contributed by atoms with Crippen molar-refractivity contribution in [1.29, 1.82) is 0 Å². The molecule has 1 aromatic heterocycles. The summed E-state index contributed by atoms with van der Waals surface area (Å²) in [5.41, 5.74) is 0.684. The second kappa shape index (κ2) is 8.55. The number of carbonyl (C=O) groups excluding carboxylic acids is 1. The second-order valence-corrected chi connectivity index (χ2v) is 6.85. The molecule has 0 bridgehead atoms. The summed E-state index contributed by atoms with van der Waals surface area (Å²) < 4.78 is 7.41. The molecule has 1 saturated heterocycles. The van der Waals surface area contributed by atoms with Crippen molar-refractivity contribution in [3.05, 3.63) is 29.3 Å². The molecule has 2 aromatic rings. The van der Waals surface area contributed by atoms with Gasteiger partial charge in [-0.25, -0.2) is 0 Å². The fraction of sp³-hybridized carbons (Fsp3) is 0.438. The van der Waals surface area contributed by atoms with Crippen molar-refractivity contribution < 1.29 is 9.53 Å². The van der Waals surface area contributed by atoms with E-state index < -0.39 is 0 Å². The molecular formula is C16H20ClN5O2S. The van der Waals surface area contributed by atoms with Gasteiger partial charge in [-0.15, -0.1) is 10.2 Å². The molecule has 1 aromatic carbocycles. The van der Waals surface area contributed by atoms with Crippen LogP contribution in [0.1, 0.15) is 6.92 Å². The number of amides is 1. The number of aromatic nitrogens is 3. The van der Waals surface area contributed by atoms with Crippen LogP contribution in [0.15, 0.2) is 29.4 Å². The summed E-state index contributed by atoms with van der Waals surface area (Å²) in [7, 11) is 0. The number of nitrogens with zero attached hydrogens (tertiary/aromatic N) is 4. The average Bonchev–Trinajstić information content (AvgIpc) is 3.03. The maximum Gasteiger partial charge on any atom is 0.234 e. The minimum atomic E-state index is -0.106. The monoisotopic (exact) mass is 381 g/mol. The zero-order valence-electron chi connectivity index (χ0n) is 13.9. The number of nitrogens with one attached hydrogen (secondary N) is 1. The first kappa shape index (κ1) is 18.0. The number of benzene rings is 1. The van der Waals surface area contributed by atoms with E-state index in [1.165, 1.54) is 11.8 Å². The van der Waals surface area contributed by atoms with Crippen LogP contribution in [-0.4, -0.2) is 52.7 Å². The molecule has 0 saturated carbocycles. The summed E-state index contributed by atoms with van der Waals surface area (Å²) in [5.74, 6) is 0.989. The molecule has 0 atom stereocenters. The number of ether oxygens (including phenoxy) is 1. The van der Waals surface area contributed by atoms with Crippen LogP contribution < -0.4 is 10.2 Å². The van der Waals surface area contributed by atoms with Gasteiger partial charge in [0.2, 0.25) is 11.9 Å². The van der Waals surface area contributed by atoms with Crippen LogP contribution in [0.3, 0.4) is 0 Å². The Morgan fingerprint density at radius 3 is 2.88 bits per heavy atom. The molecule has 134 valence electrons. The summed E-state index contributed by atoms with van der Waals surface area (Å²) in [6.45, 7) is 5.79. The smallest absolute Gasteiger partial charge is 0.234 e. The Kier molecular flexibility index (Phi) is 6.17. The van der Waals surface area contributed by atoms with Gasteiger partial charge >= 0.3 is 0 Å². The Morgan fingerprint density at radius 2 is 2.16 bits per heavy atom. The van der Waals surface area contributed by atoms with Crippen LogP contribution in [0.5, 0.6) is 0 Å². The fourth-order valence-electron chi connectivity index (χ4n) is 2.56. The van der Waals surface area contributed by atoms with Crippen molar-refractivity contribution in [2.45, 2.75) is 18.6 Å². The SMILES string of the molecule is CCn1c(SCC(=O)Nc2cccc(Cl)c2)nnc1N1CCOCC1. The molecule has 0 spiro atoms. The number of carbonyl (C=O) groups is 1. The third-order valence-electron chi connectivity index (χ3n) is 3.75. The molecule has 1 aliphatic rings. The fourth-order valence-corrected chi connectivity index (χ4v) is 3.54. The minimum absolute atomic E-state index is 0.106. The lowest BCUT2D eigenvalue weighted by Crippen LogP contribution is -2.38. The third-order valence-corrected chi connectivity index (χ3v) is 4.95. The number of thioether (sulfide) groups is 1. The zero-order chi connectivity index (χ0) is 17.6. The number of hydrogen-bond acceptors (Lipinski definition) is 6. The molecule has 3 rings (SSSR count). The quantitative estimate of drug-likeness (QED) is 0.775. The highest BCUT2D eigenvalue weighted by molar-refractivity contribution is 7.99. The van der Waals surface area contributed by atoms with Gasteiger partial charge in [0.25, 0.3) is 0 Å². The average molecular weight is 382 g/mol. The Morgan fingerprint density at radius 1 is 1.36 bits per heavy atom. The van der Waals surface area contributed by atoms with Crippen molar-refractivity contribution in [2.24, 2.45) is 0 Å². The molecule has 1 aliphatic heterocycles. The van der Waals surface area contributed by atoms with Gasteiger partial charge in [0, 0.05) is 30.3 Å². The highest BCUT2D eigenvalue weighted by Gasteiger charge is 2.20. The maximum atomic E-state index is 12.1. The Hall–Kier alpha value is -1.77. The second-order valence-electron chi connectivity index (χ2n) is 5.47. The Balaban J connectivity index is 1.60. The molecule has 1 fully saturated rings. The molecule has 9 heteroatoms. The molecule has 25 heavy (non-hydrogen) atoms. The van der Waals surface area contributed by atoms with Gasteiger partial charge in [0.05, 0.1) is 19.0 Å². The number of anilines is 2. The van der Waals surface area contributed by atoms with Crippen molar-refractivity contribution in [3.63, 3.8) is 0 Å². The van der Waals surface area contributed by atoms with E-state index in [0.717, 1.165) is 30.7 Å². The predicted molar refractivity (Wildman–Crippen MR) is 99.5 cm³/mol. The first-order valence-corrected chi connectivity index (χ1v) is 9.48. The summed E-state index contributed by atoms with van der Waals surface area (Å²) >= 11 is 7.30. The number of rotatable bonds is 6. The van der Waals surface area contributed by atoms with Crippen LogP contribution in [0, 0.1) is 0 Å².